The summed E-state index contributed by atoms with van der Waals surface area (Å²) in [7, 11) is 0. The van der Waals surface area contributed by atoms with Crippen LogP contribution < -0.4 is 20.1 Å². The van der Waals surface area contributed by atoms with Gasteiger partial charge in [0.05, 0.1) is 5.69 Å². The average Bonchev–Trinajstić information content (AvgIpc) is 3.50. The summed E-state index contributed by atoms with van der Waals surface area (Å²) in [4.78, 5) is 29.7. The van der Waals surface area contributed by atoms with Crippen LogP contribution in [-0.4, -0.2) is 39.8 Å². The van der Waals surface area contributed by atoms with Gasteiger partial charge in [0.15, 0.2) is 17.3 Å². The molecule has 1 aliphatic rings. The van der Waals surface area contributed by atoms with Crippen molar-refractivity contribution in [2.45, 2.75) is 13.3 Å². The van der Waals surface area contributed by atoms with Crippen LogP contribution in [0.1, 0.15) is 11.3 Å². The molecule has 1 aliphatic heterocycles. The van der Waals surface area contributed by atoms with Crippen molar-refractivity contribution in [2.75, 3.05) is 18.7 Å². The molecule has 9 nitrogen and oxygen atoms in total. The van der Waals surface area contributed by atoms with E-state index < -0.39 is 11.8 Å². The Hall–Kier alpha value is -3.92. The zero-order chi connectivity index (χ0) is 22.1. The van der Waals surface area contributed by atoms with Gasteiger partial charge in [-0.3, -0.25) is 9.59 Å². The Balaban J connectivity index is 1.18. The van der Waals surface area contributed by atoms with Gasteiger partial charge in [0, 0.05) is 35.7 Å². The number of hydrogen-bond donors (Lipinski definition) is 2. The fraction of sp³-hybridized carbons (Fsp3) is 0.182. The summed E-state index contributed by atoms with van der Waals surface area (Å²) in [6.45, 7) is 2.46. The number of nitrogens with zero attached hydrogens (tertiary/aromatic N) is 3. The first-order valence-corrected chi connectivity index (χ1v) is 10.8. The van der Waals surface area contributed by atoms with E-state index in [4.69, 9.17) is 9.47 Å². The molecule has 2 amide bonds. The molecular weight excluding hydrogens is 430 g/mol. The van der Waals surface area contributed by atoms with Gasteiger partial charge in [0.1, 0.15) is 0 Å². The van der Waals surface area contributed by atoms with Crippen LogP contribution >= 0.6 is 11.3 Å². The highest BCUT2D eigenvalue weighted by Crippen LogP contribution is 2.34. The first-order chi connectivity index (χ1) is 15.6. The van der Waals surface area contributed by atoms with Crippen LogP contribution in [0, 0.1) is 6.92 Å². The molecule has 3 heterocycles. The van der Waals surface area contributed by atoms with E-state index in [2.05, 4.69) is 20.7 Å². The standard InChI is InChI=1S/C22H19N5O4S/c1-13-3-2-4-14(9-13)19-25-22-27(26-19)16(11-32-22)7-8-23-20(28)21(29)24-15-5-6-17-18(10-15)31-12-30-17/h2-6,9-11H,7-8,12H2,1H3,(H,23,28)(H,24,29). The van der Waals surface area contributed by atoms with Gasteiger partial charge in [-0.1, -0.05) is 23.8 Å². The van der Waals surface area contributed by atoms with Crippen LogP contribution in [0.25, 0.3) is 16.3 Å². The smallest absolute Gasteiger partial charge is 0.313 e. The fourth-order valence-electron chi connectivity index (χ4n) is 3.35. The maximum Gasteiger partial charge on any atom is 0.313 e. The Morgan fingerprint density at radius 1 is 1.12 bits per heavy atom. The highest BCUT2D eigenvalue weighted by atomic mass is 32.1. The third-order valence-corrected chi connectivity index (χ3v) is 5.79. The molecule has 0 fully saturated rings. The first-order valence-electron chi connectivity index (χ1n) is 9.96. The highest BCUT2D eigenvalue weighted by molar-refractivity contribution is 7.15. The minimum Gasteiger partial charge on any atom is -0.454 e. The molecule has 32 heavy (non-hydrogen) atoms. The average molecular weight is 449 g/mol. The molecule has 0 atom stereocenters. The Morgan fingerprint density at radius 2 is 2.00 bits per heavy atom. The monoisotopic (exact) mass is 449 g/mol. The Labute approximate surface area is 187 Å². The van der Waals surface area contributed by atoms with Crippen molar-refractivity contribution in [3.8, 4) is 22.9 Å². The summed E-state index contributed by atoms with van der Waals surface area (Å²) in [5.41, 5.74) is 3.47. The SMILES string of the molecule is Cc1cccc(-c2nc3scc(CCNC(=O)C(=O)Nc4ccc5c(c4)OCO5)n3n2)c1. The van der Waals surface area contributed by atoms with Crippen LogP contribution in [0.5, 0.6) is 11.5 Å². The molecule has 0 spiro atoms. The van der Waals surface area contributed by atoms with E-state index in [1.807, 2.05) is 36.6 Å². The normalized spacial score (nSPS) is 12.2. The number of fused-ring (bicyclic) bond motifs is 2. The molecule has 0 unspecified atom stereocenters. The second kappa shape index (κ2) is 8.31. The molecule has 4 aromatic rings. The lowest BCUT2D eigenvalue weighted by atomic mass is 10.1. The minimum absolute atomic E-state index is 0.140. The van der Waals surface area contributed by atoms with Crippen molar-refractivity contribution in [1.29, 1.82) is 0 Å². The van der Waals surface area contributed by atoms with Crippen LogP contribution in [0.15, 0.2) is 47.8 Å². The number of carbonyl (C=O) groups excluding carboxylic acids is 2. The van der Waals surface area contributed by atoms with E-state index in [-0.39, 0.29) is 6.79 Å². The molecule has 0 saturated heterocycles. The van der Waals surface area contributed by atoms with Crippen LogP contribution in [-0.2, 0) is 16.0 Å². The largest absolute Gasteiger partial charge is 0.454 e. The van der Waals surface area contributed by atoms with Crippen molar-refractivity contribution in [1.82, 2.24) is 19.9 Å². The number of carbonyl (C=O) groups is 2. The molecule has 10 heteroatoms. The van der Waals surface area contributed by atoms with Crippen LogP contribution in [0.2, 0.25) is 0 Å². The van der Waals surface area contributed by atoms with E-state index in [9.17, 15) is 9.59 Å². The second-order valence-electron chi connectivity index (χ2n) is 7.25. The van der Waals surface area contributed by atoms with Crippen molar-refractivity contribution in [3.63, 3.8) is 0 Å². The van der Waals surface area contributed by atoms with Gasteiger partial charge in [0.2, 0.25) is 11.8 Å². The summed E-state index contributed by atoms with van der Waals surface area (Å²) in [6, 6.07) is 13.0. The molecule has 0 radical (unpaired) electrons. The number of ether oxygens (including phenoxy) is 2. The predicted molar refractivity (Wildman–Crippen MR) is 119 cm³/mol. The first kappa shape index (κ1) is 20.0. The molecule has 162 valence electrons. The fourth-order valence-corrected chi connectivity index (χ4v) is 4.21. The summed E-state index contributed by atoms with van der Waals surface area (Å²) >= 11 is 1.49. The maximum absolute atomic E-state index is 12.2. The van der Waals surface area contributed by atoms with Gasteiger partial charge in [-0.15, -0.1) is 16.4 Å². The Morgan fingerprint density at radius 3 is 2.88 bits per heavy atom. The number of hydrogen-bond acceptors (Lipinski definition) is 7. The number of nitrogens with one attached hydrogen (secondary N) is 2. The van der Waals surface area contributed by atoms with E-state index >= 15 is 0 Å². The number of rotatable bonds is 5. The minimum atomic E-state index is -0.748. The van der Waals surface area contributed by atoms with E-state index in [1.165, 1.54) is 11.3 Å². The van der Waals surface area contributed by atoms with Crippen molar-refractivity contribution >= 4 is 33.8 Å². The molecule has 5 rings (SSSR count). The third-order valence-electron chi connectivity index (χ3n) is 4.93. The number of benzene rings is 2. The number of amides is 2. The topological polar surface area (TPSA) is 107 Å². The van der Waals surface area contributed by atoms with Gasteiger partial charge in [-0.2, -0.15) is 4.98 Å². The molecule has 0 saturated carbocycles. The lowest BCUT2D eigenvalue weighted by Gasteiger charge is -2.07. The zero-order valence-corrected chi connectivity index (χ0v) is 17.9. The third kappa shape index (κ3) is 4.00. The lowest BCUT2D eigenvalue weighted by Crippen LogP contribution is -2.36. The van der Waals surface area contributed by atoms with Gasteiger partial charge < -0.3 is 20.1 Å². The summed E-state index contributed by atoms with van der Waals surface area (Å²) in [6.07, 6.45) is 0.514. The van der Waals surface area contributed by atoms with Gasteiger partial charge in [-0.05, 0) is 25.1 Å². The number of anilines is 1. The second-order valence-corrected chi connectivity index (χ2v) is 8.09. The maximum atomic E-state index is 12.2. The van der Waals surface area contributed by atoms with Gasteiger partial charge in [-0.25, -0.2) is 4.52 Å². The summed E-state index contributed by atoms with van der Waals surface area (Å²) < 4.78 is 12.3. The quantitative estimate of drug-likeness (QED) is 0.454. The molecule has 2 aromatic carbocycles. The lowest BCUT2D eigenvalue weighted by molar-refractivity contribution is -0.136. The van der Waals surface area contributed by atoms with E-state index in [1.54, 1.807) is 22.7 Å². The molecule has 2 N–H and O–H groups in total. The highest BCUT2D eigenvalue weighted by Gasteiger charge is 2.18. The van der Waals surface area contributed by atoms with E-state index in [0.717, 1.165) is 21.8 Å². The number of aromatic nitrogens is 3. The Bertz CT molecular complexity index is 1330. The predicted octanol–water partition coefficient (Wildman–Crippen LogP) is 2.79. The molecule has 0 aliphatic carbocycles. The van der Waals surface area contributed by atoms with Crippen molar-refractivity contribution in [2.24, 2.45) is 0 Å². The van der Waals surface area contributed by atoms with Crippen LogP contribution in [0.4, 0.5) is 5.69 Å². The summed E-state index contributed by atoms with van der Waals surface area (Å²) in [5.74, 6) is 0.333. The van der Waals surface area contributed by atoms with Crippen molar-refractivity contribution < 1.29 is 19.1 Å². The zero-order valence-electron chi connectivity index (χ0n) is 17.1. The number of aryl methyl sites for hydroxylation is 1. The molecule has 2 aromatic heterocycles. The van der Waals surface area contributed by atoms with Crippen molar-refractivity contribution in [3.05, 3.63) is 59.1 Å². The Kier molecular flexibility index (Phi) is 5.20. The number of thiazole rings is 1. The van der Waals surface area contributed by atoms with Gasteiger partial charge >= 0.3 is 11.8 Å². The molecule has 0 bridgehead atoms. The molecular formula is C22H19N5O4S. The summed E-state index contributed by atoms with van der Waals surface area (Å²) in [5, 5.41) is 11.8. The van der Waals surface area contributed by atoms with Crippen LogP contribution in [0.3, 0.4) is 0 Å². The van der Waals surface area contributed by atoms with E-state index in [0.29, 0.717) is 36.0 Å². The van der Waals surface area contributed by atoms with Gasteiger partial charge in [0.25, 0.3) is 0 Å².